The Balaban J connectivity index is 1.88. The molecule has 1 saturated carbocycles. The second-order valence-electron chi connectivity index (χ2n) is 6.69. The number of rotatable bonds is 8. The Kier molecular flexibility index (Phi) is 5.67. The minimum Gasteiger partial charge on any atom is -0.593 e. The minimum absolute atomic E-state index is 0.0475. The summed E-state index contributed by atoms with van der Waals surface area (Å²) in [6.07, 6.45) is 6.92. The summed E-state index contributed by atoms with van der Waals surface area (Å²) in [6, 6.07) is 5.26. The van der Waals surface area contributed by atoms with Crippen molar-refractivity contribution in [1.82, 2.24) is 9.21 Å². The first-order valence-corrected chi connectivity index (χ1v) is 9.61. The van der Waals surface area contributed by atoms with Crippen LogP contribution in [0.15, 0.2) is 29.3 Å². The van der Waals surface area contributed by atoms with Crippen molar-refractivity contribution in [3.05, 3.63) is 35.5 Å². The van der Waals surface area contributed by atoms with Crippen LogP contribution in [0, 0.1) is 0 Å². The predicted molar refractivity (Wildman–Crippen MR) is 98.3 cm³/mol. The van der Waals surface area contributed by atoms with E-state index < -0.39 is 11.4 Å². The molecule has 1 heterocycles. The van der Waals surface area contributed by atoms with E-state index in [-0.39, 0.29) is 18.3 Å². The highest BCUT2D eigenvalue weighted by Crippen LogP contribution is 2.51. The molecule has 0 radical (unpaired) electrons. The Morgan fingerprint density at radius 2 is 2.23 bits per heavy atom. The van der Waals surface area contributed by atoms with Crippen LogP contribution in [-0.4, -0.2) is 58.4 Å². The summed E-state index contributed by atoms with van der Waals surface area (Å²) in [5.74, 6) is 0. The molecule has 2 unspecified atom stereocenters. The smallest absolute Gasteiger partial charge is 0.294 e. The van der Waals surface area contributed by atoms with Gasteiger partial charge in [-0.25, -0.2) is 0 Å². The maximum Gasteiger partial charge on any atom is 0.294 e. The molecule has 26 heavy (non-hydrogen) atoms. The van der Waals surface area contributed by atoms with Crippen LogP contribution in [-0.2, 0) is 20.9 Å². The molecule has 2 atom stereocenters. The highest BCUT2D eigenvalue weighted by atomic mass is 32.2. The maximum absolute atomic E-state index is 13.3. The Hall–Kier alpha value is -1.87. The van der Waals surface area contributed by atoms with Crippen LogP contribution in [0.25, 0.3) is 6.08 Å². The average molecular weight is 377 g/mol. The standard InChI is InChI=1S/C18H23N3O4S/c1-20(12-25-13-23)9-5-15-14(11-22)3-2-4-16(15)26(24)21-10-6-17(19)18(21)7-8-18/h2-5,9,11,13,17H,6-8,10,12,19H2,1H3/b9-5-. The lowest BCUT2D eigenvalue weighted by molar-refractivity contribution is -0.131. The molecule has 1 aliphatic carbocycles. The summed E-state index contributed by atoms with van der Waals surface area (Å²) < 4.78 is 20.0. The van der Waals surface area contributed by atoms with Gasteiger partial charge in [-0.2, -0.15) is 0 Å². The summed E-state index contributed by atoms with van der Waals surface area (Å²) >= 11 is -1.39. The fraction of sp³-hybridized carbons (Fsp3) is 0.444. The second kappa shape index (κ2) is 7.79. The van der Waals surface area contributed by atoms with Crippen LogP contribution in [0.1, 0.15) is 35.2 Å². The van der Waals surface area contributed by atoms with Crippen molar-refractivity contribution in [2.45, 2.75) is 35.7 Å². The number of hydrogen-bond acceptors (Lipinski definition) is 7. The quantitative estimate of drug-likeness (QED) is 0.412. The number of carbonyl (C=O) groups excluding carboxylic acids is 2. The normalized spacial score (nSPS) is 22.5. The molecule has 1 aliphatic heterocycles. The summed E-state index contributed by atoms with van der Waals surface area (Å²) in [6.45, 7) is 1.15. The Morgan fingerprint density at radius 1 is 1.46 bits per heavy atom. The van der Waals surface area contributed by atoms with Crippen molar-refractivity contribution >= 4 is 30.2 Å². The third-order valence-electron chi connectivity index (χ3n) is 5.05. The third kappa shape index (κ3) is 3.50. The number of nitrogens with zero attached hydrogens (tertiary/aromatic N) is 2. The van der Waals surface area contributed by atoms with Crippen LogP contribution in [0.3, 0.4) is 0 Å². The number of ether oxygens (including phenoxy) is 1. The lowest BCUT2D eigenvalue weighted by Gasteiger charge is -2.28. The largest absolute Gasteiger partial charge is 0.593 e. The summed E-state index contributed by atoms with van der Waals surface area (Å²) in [5.41, 5.74) is 7.14. The molecule has 3 rings (SSSR count). The van der Waals surface area contributed by atoms with Crippen LogP contribution < -0.4 is 5.73 Å². The van der Waals surface area contributed by atoms with Crippen molar-refractivity contribution < 1.29 is 18.9 Å². The van der Waals surface area contributed by atoms with Crippen LogP contribution >= 0.6 is 0 Å². The number of nitrogens with two attached hydrogens (primary N) is 1. The van der Waals surface area contributed by atoms with Gasteiger partial charge in [0.25, 0.3) is 6.47 Å². The van der Waals surface area contributed by atoms with Gasteiger partial charge in [-0.05, 0) is 31.4 Å². The van der Waals surface area contributed by atoms with E-state index in [9.17, 15) is 14.1 Å². The maximum atomic E-state index is 13.3. The molecule has 2 N–H and O–H groups in total. The van der Waals surface area contributed by atoms with E-state index in [4.69, 9.17) is 5.73 Å². The molecule has 2 aliphatic rings. The Morgan fingerprint density at radius 3 is 2.88 bits per heavy atom. The zero-order valence-corrected chi connectivity index (χ0v) is 15.5. The molecule has 1 aromatic rings. The van der Waals surface area contributed by atoms with Crippen molar-refractivity contribution in [1.29, 1.82) is 0 Å². The first kappa shape index (κ1) is 18.9. The van der Waals surface area contributed by atoms with E-state index in [2.05, 4.69) is 4.74 Å². The molecule has 140 valence electrons. The first-order valence-electron chi connectivity index (χ1n) is 8.50. The van der Waals surface area contributed by atoms with Gasteiger partial charge in [-0.3, -0.25) is 9.59 Å². The van der Waals surface area contributed by atoms with E-state index in [1.165, 1.54) is 0 Å². The van der Waals surface area contributed by atoms with E-state index in [0.29, 0.717) is 29.0 Å². The lowest BCUT2D eigenvalue weighted by Crippen LogP contribution is -2.44. The molecular formula is C18H23N3O4S. The van der Waals surface area contributed by atoms with Gasteiger partial charge in [0.05, 0.1) is 16.9 Å². The van der Waals surface area contributed by atoms with Crippen LogP contribution in [0.4, 0.5) is 0 Å². The average Bonchev–Trinajstić information content (AvgIpc) is 3.38. The number of benzene rings is 1. The zero-order valence-electron chi connectivity index (χ0n) is 14.7. The van der Waals surface area contributed by atoms with E-state index in [0.717, 1.165) is 25.5 Å². The summed E-state index contributed by atoms with van der Waals surface area (Å²) in [7, 11) is 1.73. The van der Waals surface area contributed by atoms with Gasteiger partial charge in [0.1, 0.15) is 0 Å². The molecule has 1 spiro atoms. The molecule has 2 fully saturated rings. The van der Waals surface area contributed by atoms with E-state index in [1.54, 1.807) is 42.4 Å². The minimum atomic E-state index is -1.39. The van der Waals surface area contributed by atoms with Crippen LogP contribution in [0.5, 0.6) is 0 Å². The van der Waals surface area contributed by atoms with Gasteiger partial charge in [-0.1, -0.05) is 12.1 Å². The monoisotopic (exact) mass is 377 g/mol. The van der Waals surface area contributed by atoms with Gasteiger partial charge in [0.15, 0.2) is 17.9 Å². The number of carbonyl (C=O) groups is 2. The lowest BCUT2D eigenvalue weighted by atomic mass is 10.1. The van der Waals surface area contributed by atoms with E-state index >= 15 is 0 Å². The van der Waals surface area contributed by atoms with E-state index in [1.807, 2.05) is 4.31 Å². The molecule has 0 amide bonds. The predicted octanol–water partition coefficient (Wildman–Crippen LogP) is 1.12. The molecule has 0 bridgehead atoms. The fourth-order valence-electron chi connectivity index (χ4n) is 3.43. The first-order chi connectivity index (χ1) is 12.5. The van der Waals surface area contributed by atoms with Gasteiger partial charge < -0.3 is 19.9 Å². The van der Waals surface area contributed by atoms with Gasteiger partial charge >= 0.3 is 0 Å². The van der Waals surface area contributed by atoms with Gasteiger partial charge in [0.2, 0.25) is 0 Å². The Bertz CT molecular complexity index is 708. The molecule has 0 aromatic heterocycles. The molecule has 8 heteroatoms. The fourth-order valence-corrected chi connectivity index (χ4v) is 5.16. The molecule has 1 saturated heterocycles. The topological polar surface area (TPSA) is 98.9 Å². The Labute approximate surface area is 156 Å². The number of aldehydes is 1. The van der Waals surface area contributed by atoms with Crippen molar-refractivity contribution in [2.24, 2.45) is 5.73 Å². The van der Waals surface area contributed by atoms with Gasteiger partial charge in [0, 0.05) is 37.0 Å². The van der Waals surface area contributed by atoms with Gasteiger partial charge in [-0.15, -0.1) is 4.31 Å². The van der Waals surface area contributed by atoms with Crippen molar-refractivity contribution in [3.8, 4) is 0 Å². The second-order valence-corrected chi connectivity index (χ2v) is 8.07. The highest BCUT2D eigenvalue weighted by molar-refractivity contribution is 7.89. The molecule has 1 aromatic carbocycles. The van der Waals surface area contributed by atoms with Crippen molar-refractivity contribution in [3.63, 3.8) is 0 Å². The van der Waals surface area contributed by atoms with Crippen LogP contribution in [0.2, 0.25) is 0 Å². The number of hydrogen-bond donors (Lipinski definition) is 1. The highest BCUT2D eigenvalue weighted by Gasteiger charge is 2.61. The SMILES string of the molecule is CN(/C=C\c1c(C=O)cccc1[S+]([O-])N1CCC(N)C12CC2)COC=O. The third-order valence-corrected chi connectivity index (χ3v) is 6.73. The molecular weight excluding hydrogens is 354 g/mol. The summed E-state index contributed by atoms with van der Waals surface area (Å²) in [4.78, 5) is 24.0. The summed E-state index contributed by atoms with van der Waals surface area (Å²) in [5, 5.41) is 0. The zero-order chi connectivity index (χ0) is 18.7. The molecule has 7 nitrogen and oxygen atoms in total. The van der Waals surface area contributed by atoms with Crippen molar-refractivity contribution in [2.75, 3.05) is 20.3 Å².